The van der Waals surface area contributed by atoms with E-state index in [-0.39, 0.29) is 6.04 Å². The van der Waals surface area contributed by atoms with Crippen LogP contribution in [0.15, 0.2) is 29.2 Å². The van der Waals surface area contributed by atoms with Crippen molar-refractivity contribution in [2.75, 3.05) is 13.7 Å². The molecule has 0 N–H and O–H groups in total. The first-order valence-electron chi connectivity index (χ1n) is 7.44. The van der Waals surface area contributed by atoms with Crippen molar-refractivity contribution in [3.63, 3.8) is 0 Å². The van der Waals surface area contributed by atoms with Crippen LogP contribution in [0.4, 0.5) is 0 Å². The lowest BCUT2D eigenvalue weighted by atomic mass is 10.2. The van der Waals surface area contributed by atoms with Gasteiger partial charge in [-0.3, -0.25) is 0 Å². The summed E-state index contributed by atoms with van der Waals surface area (Å²) < 4.78 is 34.3. The summed E-state index contributed by atoms with van der Waals surface area (Å²) in [7, 11) is -1.95. The van der Waals surface area contributed by atoms with Gasteiger partial charge < -0.3 is 9.30 Å². The summed E-state index contributed by atoms with van der Waals surface area (Å²) >= 11 is 0. The van der Waals surface area contributed by atoms with Gasteiger partial charge in [-0.2, -0.15) is 4.31 Å². The second-order valence-corrected chi connectivity index (χ2v) is 7.55. The zero-order valence-corrected chi connectivity index (χ0v) is 14.2. The summed E-state index contributed by atoms with van der Waals surface area (Å²) in [5.41, 5.74) is 1.03. The molecule has 0 radical (unpaired) electrons. The van der Waals surface area contributed by atoms with Gasteiger partial charge in [0.25, 0.3) is 0 Å². The molecule has 8 heteroatoms. The maximum absolute atomic E-state index is 12.9. The Labute approximate surface area is 135 Å². The fourth-order valence-electron chi connectivity index (χ4n) is 2.83. The molecule has 23 heavy (non-hydrogen) atoms. The van der Waals surface area contributed by atoms with Crippen LogP contribution >= 0.6 is 0 Å². The number of methoxy groups -OCH3 is 1. The van der Waals surface area contributed by atoms with Gasteiger partial charge >= 0.3 is 0 Å². The highest BCUT2D eigenvalue weighted by molar-refractivity contribution is 7.89. The van der Waals surface area contributed by atoms with Gasteiger partial charge in [-0.05, 0) is 26.0 Å². The van der Waals surface area contributed by atoms with E-state index in [1.807, 2.05) is 18.4 Å². The Kier molecular flexibility index (Phi) is 4.22. The minimum atomic E-state index is -3.55. The monoisotopic (exact) mass is 336 g/mol. The lowest BCUT2D eigenvalue weighted by Gasteiger charge is -2.32. The topological polar surface area (TPSA) is 77.3 Å². The molecule has 1 aromatic carbocycles. The van der Waals surface area contributed by atoms with Crippen molar-refractivity contribution in [2.24, 2.45) is 0 Å². The van der Waals surface area contributed by atoms with E-state index >= 15 is 0 Å². The number of sulfonamides is 1. The zero-order valence-electron chi connectivity index (χ0n) is 13.4. The smallest absolute Gasteiger partial charge is 0.243 e. The van der Waals surface area contributed by atoms with Crippen LogP contribution in [0.3, 0.4) is 0 Å². The molecule has 124 valence electrons. The van der Waals surface area contributed by atoms with Crippen molar-refractivity contribution in [1.82, 2.24) is 19.1 Å². The van der Waals surface area contributed by atoms with Gasteiger partial charge in [0.15, 0.2) is 11.6 Å². The molecule has 3 rings (SSSR count). The lowest BCUT2D eigenvalue weighted by Crippen LogP contribution is -2.41. The first kappa shape index (κ1) is 16.1. The molecule has 2 aromatic rings. The van der Waals surface area contributed by atoms with Gasteiger partial charge in [-0.15, -0.1) is 10.2 Å². The van der Waals surface area contributed by atoms with Crippen LogP contribution < -0.4 is 0 Å². The van der Waals surface area contributed by atoms with Gasteiger partial charge in [-0.25, -0.2) is 8.42 Å². The summed E-state index contributed by atoms with van der Waals surface area (Å²) in [4.78, 5) is 0.306. The molecule has 1 atom stereocenters. The largest absolute Gasteiger partial charge is 0.377 e. The molecule has 7 nitrogen and oxygen atoms in total. The fraction of sp³-hybridized carbons (Fsp3) is 0.467. The van der Waals surface area contributed by atoms with E-state index in [0.717, 1.165) is 11.4 Å². The molecule has 0 spiro atoms. The van der Waals surface area contributed by atoms with Crippen molar-refractivity contribution in [3.05, 3.63) is 41.5 Å². The molecular weight excluding hydrogens is 316 g/mol. The third kappa shape index (κ3) is 2.77. The lowest BCUT2D eigenvalue weighted by molar-refractivity contribution is 0.170. The van der Waals surface area contributed by atoms with Crippen molar-refractivity contribution in [1.29, 1.82) is 0 Å². The first-order chi connectivity index (χ1) is 10.9. The Morgan fingerprint density at radius 3 is 2.57 bits per heavy atom. The Morgan fingerprint density at radius 1 is 1.22 bits per heavy atom. The van der Waals surface area contributed by atoms with Crippen LogP contribution in [0.1, 0.15) is 30.2 Å². The number of aryl methyl sites for hydroxylation is 1. The van der Waals surface area contributed by atoms with Crippen molar-refractivity contribution in [2.45, 2.75) is 37.9 Å². The van der Waals surface area contributed by atoms with Crippen molar-refractivity contribution >= 4 is 10.0 Å². The molecule has 1 aliphatic heterocycles. The number of fused-ring (bicyclic) bond motifs is 1. The second kappa shape index (κ2) is 6.03. The summed E-state index contributed by atoms with van der Waals surface area (Å²) in [6.45, 7) is 5.04. The van der Waals surface area contributed by atoms with Gasteiger partial charge in [0, 0.05) is 20.2 Å². The molecule has 2 heterocycles. The van der Waals surface area contributed by atoms with Crippen LogP contribution in [0.5, 0.6) is 0 Å². The predicted molar refractivity (Wildman–Crippen MR) is 84.2 cm³/mol. The summed E-state index contributed by atoms with van der Waals surface area (Å²) in [5.74, 6) is 1.38. The number of aromatic nitrogens is 3. The molecule has 1 aromatic heterocycles. The summed E-state index contributed by atoms with van der Waals surface area (Å²) in [5, 5.41) is 8.26. The van der Waals surface area contributed by atoms with Crippen LogP contribution in [0.25, 0.3) is 0 Å². The Morgan fingerprint density at radius 2 is 1.91 bits per heavy atom. The zero-order chi connectivity index (χ0) is 16.6. The maximum Gasteiger partial charge on any atom is 0.243 e. The van der Waals surface area contributed by atoms with E-state index in [9.17, 15) is 8.42 Å². The fourth-order valence-corrected chi connectivity index (χ4v) is 4.42. The summed E-state index contributed by atoms with van der Waals surface area (Å²) in [6.07, 6.45) is 0. The number of hydrogen-bond donors (Lipinski definition) is 0. The average molecular weight is 336 g/mol. The van der Waals surface area contributed by atoms with Crippen LogP contribution in [-0.4, -0.2) is 41.1 Å². The Bertz CT molecular complexity index is 799. The minimum Gasteiger partial charge on any atom is -0.377 e. The van der Waals surface area contributed by atoms with E-state index in [2.05, 4.69) is 10.2 Å². The van der Waals surface area contributed by atoms with Crippen LogP contribution in [0, 0.1) is 6.92 Å². The van der Waals surface area contributed by atoms with Gasteiger partial charge in [-0.1, -0.05) is 17.7 Å². The quantitative estimate of drug-likeness (QED) is 0.845. The number of ether oxygens (including phenoxy) is 1. The van der Waals surface area contributed by atoms with Crippen molar-refractivity contribution in [3.8, 4) is 0 Å². The molecule has 0 saturated carbocycles. The highest BCUT2D eigenvalue weighted by atomic mass is 32.2. The van der Waals surface area contributed by atoms with Crippen LogP contribution in [-0.2, 0) is 27.9 Å². The minimum absolute atomic E-state index is 0.306. The van der Waals surface area contributed by atoms with E-state index < -0.39 is 10.0 Å². The molecule has 0 bridgehead atoms. The normalized spacial score (nSPS) is 18.8. The highest BCUT2D eigenvalue weighted by Crippen LogP contribution is 2.30. The third-order valence-electron chi connectivity index (χ3n) is 4.11. The third-order valence-corrected chi connectivity index (χ3v) is 6.09. The SMILES string of the molecule is COCc1nnc2n1CCN(S(=O)(=O)c1ccc(C)cc1)[C@@H]2C. The number of rotatable bonds is 4. The van der Waals surface area contributed by atoms with E-state index in [1.54, 1.807) is 31.4 Å². The van der Waals surface area contributed by atoms with Gasteiger partial charge in [0.05, 0.1) is 10.9 Å². The first-order valence-corrected chi connectivity index (χ1v) is 8.88. The highest BCUT2D eigenvalue weighted by Gasteiger charge is 2.36. The van der Waals surface area contributed by atoms with E-state index in [4.69, 9.17) is 4.74 Å². The molecule has 0 aliphatic carbocycles. The molecule has 1 aliphatic rings. The predicted octanol–water partition coefficient (Wildman–Crippen LogP) is 1.50. The standard InChI is InChI=1S/C15H20N4O3S/c1-11-4-6-13(7-5-11)23(20,21)19-9-8-18-14(10-22-3)16-17-15(18)12(19)2/h4-7,12H,8-10H2,1-3H3/t12-/m1/s1. The van der Waals surface area contributed by atoms with Gasteiger partial charge in [0.1, 0.15) is 6.61 Å². The molecule has 0 fully saturated rings. The molecule has 0 unspecified atom stereocenters. The maximum atomic E-state index is 12.9. The van der Waals surface area contributed by atoms with Crippen LogP contribution in [0.2, 0.25) is 0 Å². The second-order valence-electron chi connectivity index (χ2n) is 5.66. The van der Waals surface area contributed by atoms with E-state index in [1.165, 1.54) is 4.31 Å². The Hall–Kier alpha value is -1.77. The summed E-state index contributed by atoms with van der Waals surface area (Å²) in [6, 6.07) is 6.54. The number of benzene rings is 1. The number of nitrogens with zero attached hydrogens (tertiary/aromatic N) is 4. The Balaban J connectivity index is 1.94. The average Bonchev–Trinajstić information content (AvgIpc) is 2.92. The van der Waals surface area contributed by atoms with E-state index in [0.29, 0.717) is 30.4 Å². The van der Waals surface area contributed by atoms with Gasteiger partial charge in [0.2, 0.25) is 10.0 Å². The number of hydrogen-bond acceptors (Lipinski definition) is 5. The van der Waals surface area contributed by atoms with Crippen molar-refractivity contribution < 1.29 is 13.2 Å². The molecule has 0 saturated heterocycles. The molecule has 0 amide bonds. The molecular formula is C15H20N4O3S.